The molecule has 0 unspecified atom stereocenters. The van der Waals surface area contributed by atoms with Gasteiger partial charge in [-0.05, 0) is 43.3 Å². The van der Waals surface area contributed by atoms with E-state index in [-0.39, 0.29) is 11.5 Å². The van der Waals surface area contributed by atoms with Crippen LogP contribution in [0.1, 0.15) is 21.9 Å². The van der Waals surface area contributed by atoms with Crippen molar-refractivity contribution in [2.45, 2.75) is 6.92 Å². The Bertz CT molecular complexity index is 1010. The molecule has 6 nitrogen and oxygen atoms in total. The summed E-state index contributed by atoms with van der Waals surface area (Å²) < 4.78 is 13.3. The van der Waals surface area contributed by atoms with Crippen LogP contribution in [-0.2, 0) is 0 Å². The van der Waals surface area contributed by atoms with Gasteiger partial charge in [0, 0.05) is 17.4 Å². The Labute approximate surface area is 149 Å². The SMILES string of the molecule is Cc1nc(Nc2cccc(F)c2)cc(C(=O)Nc2cccc(C#N)c2)n1. The van der Waals surface area contributed by atoms with Crippen LogP contribution in [0.15, 0.2) is 54.6 Å². The number of rotatable bonds is 4. The van der Waals surface area contributed by atoms with Crippen LogP contribution in [-0.4, -0.2) is 15.9 Å². The van der Waals surface area contributed by atoms with Crippen LogP contribution in [0.5, 0.6) is 0 Å². The summed E-state index contributed by atoms with van der Waals surface area (Å²) in [7, 11) is 0. The molecule has 3 aromatic rings. The molecule has 0 spiro atoms. The topological polar surface area (TPSA) is 90.7 Å². The molecule has 1 aromatic heterocycles. The Morgan fingerprint density at radius 1 is 1.08 bits per heavy atom. The lowest BCUT2D eigenvalue weighted by Crippen LogP contribution is -2.15. The maximum Gasteiger partial charge on any atom is 0.274 e. The van der Waals surface area contributed by atoms with Crippen molar-refractivity contribution < 1.29 is 9.18 Å². The molecule has 3 rings (SSSR count). The summed E-state index contributed by atoms with van der Waals surface area (Å²) in [6.45, 7) is 1.66. The molecule has 0 saturated carbocycles. The number of carbonyl (C=O) groups excluding carboxylic acids is 1. The molecule has 26 heavy (non-hydrogen) atoms. The van der Waals surface area contributed by atoms with E-state index in [1.807, 2.05) is 6.07 Å². The second-order valence-corrected chi connectivity index (χ2v) is 5.47. The molecule has 128 valence electrons. The summed E-state index contributed by atoms with van der Waals surface area (Å²) in [5.74, 6) is -0.0506. The van der Waals surface area contributed by atoms with Gasteiger partial charge in [-0.2, -0.15) is 5.26 Å². The average molecular weight is 347 g/mol. The van der Waals surface area contributed by atoms with Crippen molar-refractivity contribution in [1.82, 2.24) is 9.97 Å². The van der Waals surface area contributed by atoms with Crippen molar-refractivity contribution in [1.29, 1.82) is 5.26 Å². The molecule has 0 atom stereocenters. The zero-order valence-electron chi connectivity index (χ0n) is 13.8. The molecule has 2 aromatic carbocycles. The van der Waals surface area contributed by atoms with Gasteiger partial charge in [0.05, 0.1) is 11.6 Å². The van der Waals surface area contributed by atoms with E-state index >= 15 is 0 Å². The van der Waals surface area contributed by atoms with E-state index in [4.69, 9.17) is 5.26 Å². The fourth-order valence-corrected chi connectivity index (χ4v) is 2.32. The quantitative estimate of drug-likeness (QED) is 0.749. The Morgan fingerprint density at radius 2 is 1.85 bits per heavy atom. The lowest BCUT2D eigenvalue weighted by molar-refractivity contribution is 0.102. The number of anilines is 3. The number of hydrogen-bond donors (Lipinski definition) is 2. The summed E-state index contributed by atoms with van der Waals surface area (Å²) in [4.78, 5) is 20.8. The minimum Gasteiger partial charge on any atom is -0.340 e. The number of halogens is 1. The van der Waals surface area contributed by atoms with Crippen LogP contribution in [0.25, 0.3) is 0 Å². The first-order valence-corrected chi connectivity index (χ1v) is 7.73. The molecule has 0 bridgehead atoms. The van der Waals surface area contributed by atoms with Crippen molar-refractivity contribution in [2.24, 2.45) is 0 Å². The maximum atomic E-state index is 13.3. The smallest absolute Gasteiger partial charge is 0.274 e. The zero-order chi connectivity index (χ0) is 18.5. The number of benzene rings is 2. The number of hydrogen-bond acceptors (Lipinski definition) is 5. The van der Waals surface area contributed by atoms with Crippen LogP contribution in [0.2, 0.25) is 0 Å². The van der Waals surface area contributed by atoms with Crippen molar-refractivity contribution in [3.05, 3.63) is 77.5 Å². The summed E-state index contributed by atoms with van der Waals surface area (Å²) >= 11 is 0. The van der Waals surface area contributed by atoms with E-state index in [1.165, 1.54) is 18.2 Å². The summed E-state index contributed by atoms with van der Waals surface area (Å²) in [6.07, 6.45) is 0. The highest BCUT2D eigenvalue weighted by atomic mass is 19.1. The number of nitrogens with zero attached hydrogens (tertiary/aromatic N) is 3. The van der Waals surface area contributed by atoms with Gasteiger partial charge in [0.15, 0.2) is 0 Å². The van der Waals surface area contributed by atoms with Gasteiger partial charge in [0.25, 0.3) is 5.91 Å². The number of nitrogens with one attached hydrogen (secondary N) is 2. The largest absolute Gasteiger partial charge is 0.340 e. The second-order valence-electron chi connectivity index (χ2n) is 5.47. The Balaban J connectivity index is 1.82. The molecule has 0 radical (unpaired) electrons. The predicted octanol–water partition coefficient (Wildman–Crippen LogP) is 3.79. The summed E-state index contributed by atoms with van der Waals surface area (Å²) in [5.41, 5.74) is 1.59. The first-order chi connectivity index (χ1) is 12.5. The zero-order valence-corrected chi connectivity index (χ0v) is 13.8. The monoisotopic (exact) mass is 347 g/mol. The maximum absolute atomic E-state index is 13.3. The number of carbonyl (C=O) groups is 1. The molecule has 2 N–H and O–H groups in total. The molecule has 1 heterocycles. The predicted molar refractivity (Wildman–Crippen MR) is 95.6 cm³/mol. The molecule has 0 aliphatic carbocycles. The third kappa shape index (κ3) is 4.19. The van der Waals surface area contributed by atoms with E-state index in [1.54, 1.807) is 43.3 Å². The number of aryl methyl sites for hydroxylation is 1. The molecule has 0 aliphatic heterocycles. The molecule has 1 amide bonds. The summed E-state index contributed by atoms with van der Waals surface area (Å²) in [6, 6.07) is 16.0. The van der Waals surface area contributed by atoms with Crippen molar-refractivity contribution in [3.63, 3.8) is 0 Å². The second kappa shape index (κ2) is 7.40. The van der Waals surface area contributed by atoms with Crippen LogP contribution in [0, 0.1) is 24.1 Å². The van der Waals surface area contributed by atoms with Gasteiger partial charge in [-0.25, -0.2) is 14.4 Å². The fourth-order valence-electron chi connectivity index (χ4n) is 2.32. The Hall–Kier alpha value is -3.79. The van der Waals surface area contributed by atoms with Crippen molar-refractivity contribution in [3.8, 4) is 6.07 Å². The van der Waals surface area contributed by atoms with Gasteiger partial charge >= 0.3 is 0 Å². The lowest BCUT2D eigenvalue weighted by atomic mass is 10.2. The van der Waals surface area contributed by atoms with E-state index in [2.05, 4.69) is 20.6 Å². The average Bonchev–Trinajstić information content (AvgIpc) is 2.61. The standard InChI is InChI=1S/C19H14FN5O/c1-12-22-17(19(26)25-15-6-2-4-13(8-15)11-21)10-18(23-12)24-16-7-3-5-14(20)9-16/h2-10H,1H3,(H,25,26)(H,22,23,24). The highest BCUT2D eigenvalue weighted by Gasteiger charge is 2.11. The number of amides is 1. The minimum atomic E-state index is -0.437. The highest BCUT2D eigenvalue weighted by Crippen LogP contribution is 2.17. The van der Waals surface area contributed by atoms with Crippen molar-refractivity contribution in [2.75, 3.05) is 10.6 Å². The fraction of sp³-hybridized carbons (Fsp3) is 0.0526. The van der Waals surface area contributed by atoms with Crippen molar-refractivity contribution >= 4 is 23.1 Å². The van der Waals surface area contributed by atoms with Gasteiger partial charge in [-0.1, -0.05) is 12.1 Å². The molecule has 0 saturated heterocycles. The first-order valence-electron chi connectivity index (χ1n) is 7.73. The van der Waals surface area contributed by atoms with Crippen LogP contribution >= 0.6 is 0 Å². The van der Waals surface area contributed by atoms with E-state index in [0.29, 0.717) is 28.6 Å². The molecule has 7 heteroatoms. The lowest BCUT2D eigenvalue weighted by Gasteiger charge is -2.09. The molecular weight excluding hydrogens is 333 g/mol. The number of nitriles is 1. The van der Waals surface area contributed by atoms with Gasteiger partial charge in [-0.15, -0.1) is 0 Å². The summed E-state index contributed by atoms with van der Waals surface area (Å²) in [5, 5.41) is 14.6. The minimum absolute atomic E-state index is 0.152. The van der Waals surface area contributed by atoms with Gasteiger partial charge in [-0.3, -0.25) is 4.79 Å². The van der Waals surface area contributed by atoms with E-state index in [0.717, 1.165) is 0 Å². The van der Waals surface area contributed by atoms with Gasteiger partial charge in [0.2, 0.25) is 0 Å². The third-order valence-electron chi connectivity index (χ3n) is 3.42. The van der Waals surface area contributed by atoms with Crippen LogP contribution in [0.4, 0.5) is 21.6 Å². The van der Waals surface area contributed by atoms with E-state index < -0.39 is 5.91 Å². The third-order valence-corrected chi connectivity index (χ3v) is 3.42. The first kappa shape index (κ1) is 17.0. The van der Waals surface area contributed by atoms with Gasteiger partial charge in [0.1, 0.15) is 23.2 Å². The Kier molecular flexibility index (Phi) is 4.85. The van der Waals surface area contributed by atoms with E-state index in [9.17, 15) is 9.18 Å². The molecular formula is C19H14FN5O. The molecule has 0 aliphatic rings. The highest BCUT2D eigenvalue weighted by molar-refractivity contribution is 6.03. The Morgan fingerprint density at radius 3 is 2.62 bits per heavy atom. The van der Waals surface area contributed by atoms with Crippen LogP contribution in [0.3, 0.4) is 0 Å². The molecule has 0 fully saturated rings. The normalized spacial score (nSPS) is 10.0. The van der Waals surface area contributed by atoms with Gasteiger partial charge < -0.3 is 10.6 Å². The van der Waals surface area contributed by atoms with Crippen LogP contribution < -0.4 is 10.6 Å². The number of aromatic nitrogens is 2.